The van der Waals surface area contributed by atoms with Gasteiger partial charge in [0.05, 0.1) is 11.7 Å². The van der Waals surface area contributed by atoms with Gasteiger partial charge in [-0.2, -0.15) is 0 Å². The van der Waals surface area contributed by atoms with Crippen molar-refractivity contribution < 1.29 is 9.84 Å². The number of hydrogen-bond acceptors (Lipinski definition) is 2. The maximum absolute atomic E-state index is 10.8. The predicted octanol–water partition coefficient (Wildman–Crippen LogP) is 4.88. The van der Waals surface area contributed by atoms with Gasteiger partial charge in [0.2, 0.25) is 0 Å². The third kappa shape index (κ3) is 3.73. The minimum atomic E-state index is -0.601. The Kier molecular flexibility index (Phi) is 5.25. The summed E-state index contributed by atoms with van der Waals surface area (Å²) in [5.74, 6) is 0. The zero-order valence-electron chi connectivity index (χ0n) is 13.0. The smallest absolute Gasteiger partial charge is 0.0940 e. The first-order valence-corrected chi connectivity index (χ1v) is 8.21. The fourth-order valence-corrected chi connectivity index (χ4v) is 3.68. The van der Waals surface area contributed by atoms with Crippen molar-refractivity contribution in [1.29, 1.82) is 0 Å². The molecule has 0 aliphatic heterocycles. The summed E-state index contributed by atoms with van der Waals surface area (Å²) in [4.78, 5) is 0. The van der Waals surface area contributed by atoms with Crippen molar-refractivity contribution in [3.8, 4) is 0 Å². The van der Waals surface area contributed by atoms with Crippen LogP contribution in [0.15, 0.2) is 18.2 Å². The van der Waals surface area contributed by atoms with Crippen LogP contribution in [0.3, 0.4) is 0 Å². The highest BCUT2D eigenvalue weighted by Crippen LogP contribution is 2.44. The molecule has 0 amide bonds. The molecule has 1 fully saturated rings. The van der Waals surface area contributed by atoms with Crippen molar-refractivity contribution >= 4 is 23.2 Å². The number of ether oxygens (including phenoxy) is 1. The van der Waals surface area contributed by atoms with Crippen molar-refractivity contribution in [2.75, 3.05) is 7.11 Å². The summed E-state index contributed by atoms with van der Waals surface area (Å²) in [5.41, 5.74) is 0.636. The zero-order chi connectivity index (χ0) is 15.7. The van der Waals surface area contributed by atoms with Gasteiger partial charge in [0.25, 0.3) is 0 Å². The normalized spacial score (nSPS) is 22.0. The van der Waals surface area contributed by atoms with Gasteiger partial charge in [-0.05, 0) is 48.8 Å². The Morgan fingerprint density at radius 3 is 2.14 bits per heavy atom. The predicted molar refractivity (Wildman–Crippen MR) is 88.2 cm³/mol. The number of methoxy groups -OCH3 is 1. The fourth-order valence-electron chi connectivity index (χ4n) is 3.13. The molecule has 1 aromatic rings. The molecule has 0 radical (unpaired) electrons. The van der Waals surface area contributed by atoms with Gasteiger partial charge in [0.15, 0.2) is 0 Å². The van der Waals surface area contributed by atoms with E-state index in [0.717, 1.165) is 31.2 Å². The number of benzene rings is 1. The van der Waals surface area contributed by atoms with Crippen LogP contribution in [0, 0.1) is 5.41 Å². The molecular weight excluding hydrogens is 307 g/mol. The molecule has 1 N–H and O–H groups in total. The highest BCUT2D eigenvalue weighted by molar-refractivity contribution is 6.36. The summed E-state index contributed by atoms with van der Waals surface area (Å²) < 4.78 is 5.75. The fraction of sp³-hybridized carbons (Fsp3) is 0.647. The molecule has 1 unspecified atom stereocenters. The van der Waals surface area contributed by atoms with E-state index in [2.05, 4.69) is 13.8 Å². The van der Waals surface area contributed by atoms with Gasteiger partial charge in [0.1, 0.15) is 0 Å². The van der Waals surface area contributed by atoms with Crippen molar-refractivity contribution in [3.05, 3.63) is 33.8 Å². The largest absolute Gasteiger partial charge is 0.390 e. The van der Waals surface area contributed by atoms with Crippen molar-refractivity contribution in [3.63, 3.8) is 0 Å². The van der Waals surface area contributed by atoms with Crippen LogP contribution in [0.4, 0.5) is 0 Å². The Labute approximate surface area is 137 Å². The van der Waals surface area contributed by atoms with E-state index in [0.29, 0.717) is 21.9 Å². The van der Waals surface area contributed by atoms with Gasteiger partial charge in [-0.3, -0.25) is 0 Å². The van der Waals surface area contributed by atoms with E-state index in [1.54, 1.807) is 19.2 Å². The Hall–Kier alpha value is -0.280. The first-order chi connectivity index (χ1) is 9.80. The Balaban J connectivity index is 2.16. The lowest BCUT2D eigenvalue weighted by Gasteiger charge is -2.45. The van der Waals surface area contributed by atoms with Crippen molar-refractivity contribution in [2.24, 2.45) is 5.41 Å². The average Bonchev–Trinajstić information content (AvgIpc) is 2.43. The summed E-state index contributed by atoms with van der Waals surface area (Å²) in [6.45, 7) is 4.54. The second-order valence-corrected chi connectivity index (χ2v) is 7.67. The van der Waals surface area contributed by atoms with E-state index in [1.165, 1.54) is 0 Å². The van der Waals surface area contributed by atoms with Crippen LogP contribution in [0.5, 0.6) is 0 Å². The summed E-state index contributed by atoms with van der Waals surface area (Å²) in [6.07, 6.45) is 3.64. The molecule has 0 aromatic heterocycles. The summed E-state index contributed by atoms with van der Waals surface area (Å²) in [7, 11) is 1.69. The molecular formula is C17H24Cl2O2. The Morgan fingerprint density at radius 2 is 1.67 bits per heavy atom. The van der Waals surface area contributed by atoms with Crippen LogP contribution in [-0.2, 0) is 11.2 Å². The van der Waals surface area contributed by atoms with Crippen LogP contribution < -0.4 is 0 Å². The van der Waals surface area contributed by atoms with Crippen LogP contribution in [0.1, 0.15) is 45.1 Å². The van der Waals surface area contributed by atoms with Crippen LogP contribution >= 0.6 is 23.2 Å². The van der Waals surface area contributed by atoms with E-state index in [-0.39, 0.29) is 0 Å². The molecule has 0 saturated heterocycles. The van der Waals surface area contributed by atoms with Crippen LogP contribution in [-0.4, -0.2) is 23.9 Å². The lowest BCUT2D eigenvalue weighted by molar-refractivity contribution is -0.135. The van der Waals surface area contributed by atoms with E-state index in [1.807, 2.05) is 6.07 Å². The SMILES string of the molecule is COC1(C(O)Cc2c(Cl)cccc2Cl)CCC(C)(C)CC1. The minimum Gasteiger partial charge on any atom is -0.390 e. The number of hydrogen-bond donors (Lipinski definition) is 1. The van der Waals surface area contributed by atoms with Gasteiger partial charge in [0, 0.05) is 23.6 Å². The molecule has 2 nitrogen and oxygen atoms in total. The van der Waals surface area contributed by atoms with E-state index >= 15 is 0 Å². The van der Waals surface area contributed by atoms with Gasteiger partial charge in [-0.15, -0.1) is 0 Å². The van der Waals surface area contributed by atoms with Gasteiger partial charge < -0.3 is 9.84 Å². The highest BCUT2D eigenvalue weighted by Gasteiger charge is 2.43. The van der Waals surface area contributed by atoms with E-state index < -0.39 is 11.7 Å². The third-order valence-corrected chi connectivity index (χ3v) is 5.63. The molecule has 1 aliphatic rings. The van der Waals surface area contributed by atoms with E-state index in [9.17, 15) is 5.11 Å². The first-order valence-electron chi connectivity index (χ1n) is 7.46. The zero-order valence-corrected chi connectivity index (χ0v) is 14.5. The quantitative estimate of drug-likeness (QED) is 0.852. The molecule has 2 rings (SSSR count). The third-order valence-electron chi connectivity index (χ3n) is 4.92. The van der Waals surface area contributed by atoms with Crippen LogP contribution in [0.25, 0.3) is 0 Å². The topological polar surface area (TPSA) is 29.5 Å². The molecule has 1 saturated carbocycles. The number of halogens is 2. The Morgan fingerprint density at radius 1 is 1.14 bits per heavy atom. The van der Waals surface area contributed by atoms with Gasteiger partial charge in [-0.25, -0.2) is 0 Å². The second-order valence-electron chi connectivity index (χ2n) is 6.85. The summed E-state index contributed by atoms with van der Waals surface area (Å²) >= 11 is 12.4. The summed E-state index contributed by atoms with van der Waals surface area (Å²) in [5, 5.41) is 12.0. The maximum Gasteiger partial charge on any atom is 0.0940 e. The molecule has 21 heavy (non-hydrogen) atoms. The molecule has 0 heterocycles. The molecule has 1 atom stereocenters. The number of rotatable bonds is 4. The molecule has 1 aromatic carbocycles. The molecule has 118 valence electrons. The molecule has 0 bridgehead atoms. The average molecular weight is 331 g/mol. The highest BCUT2D eigenvalue weighted by atomic mass is 35.5. The summed E-state index contributed by atoms with van der Waals surface area (Å²) in [6, 6.07) is 5.42. The van der Waals surface area contributed by atoms with E-state index in [4.69, 9.17) is 27.9 Å². The first kappa shape index (κ1) is 17.1. The minimum absolute atomic E-state index is 0.323. The number of aliphatic hydroxyl groups excluding tert-OH is 1. The maximum atomic E-state index is 10.8. The second kappa shape index (κ2) is 6.45. The lowest BCUT2D eigenvalue weighted by Crippen LogP contribution is -2.49. The monoisotopic (exact) mass is 330 g/mol. The Bertz CT molecular complexity index is 469. The van der Waals surface area contributed by atoms with Gasteiger partial charge in [-0.1, -0.05) is 43.1 Å². The van der Waals surface area contributed by atoms with Crippen LogP contribution in [0.2, 0.25) is 10.0 Å². The van der Waals surface area contributed by atoms with Crippen molar-refractivity contribution in [2.45, 2.75) is 57.7 Å². The standard InChI is InChI=1S/C17H24Cl2O2/c1-16(2)7-9-17(21-3,10-8-16)15(20)11-12-13(18)5-4-6-14(12)19/h4-6,15,20H,7-11H2,1-3H3. The van der Waals surface area contributed by atoms with Crippen molar-refractivity contribution in [1.82, 2.24) is 0 Å². The number of aliphatic hydroxyl groups is 1. The molecule has 4 heteroatoms. The van der Waals surface area contributed by atoms with Gasteiger partial charge >= 0.3 is 0 Å². The molecule has 1 aliphatic carbocycles. The lowest BCUT2D eigenvalue weighted by atomic mass is 9.68. The molecule has 0 spiro atoms.